The predicted molar refractivity (Wildman–Crippen MR) is 42.8 cm³/mol. The molecule has 2 nitrogen and oxygen atoms in total. The highest BCUT2D eigenvalue weighted by molar-refractivity contribution is 5.77. The molecule has 0 aromatic carbocycles. The van der Waals surface area contributed by atoms with Crippen molar-refractivity contribution in [3.05, 3.63) is 0 Å². The van der Waals surface area contributed by atoms with Crippen LogP contribution in [0.15, 0.2) is 0 Å². The van der Waals surface area contributed by atoms with Gasteiger partial charge < -0.3 is 4.90 Å². The van der Waals surface area contributed by atoms with Crippen LogP contribution in [-0.2, 0) is 4.79 Å². The summed E-state index contributed by atoms with van der Waals surface area (Å²) in [6.45, 7) is 4.07. The van der Waals surface area contributed by atoms with E-state index in [2.05, 4.69) is 6.92 Å². The van der Waals surface area contributed by atoms with E-state index in [9.17, 15) is 4.79 Å². The van der Waals surface area contributed by atoms with E-state index in [1.165, 1.54) is 0 Å². The Balaban J connectivity index is 3.71. The van der Waals surface area contributed by atoms with Crippen LogP contribution in [0.5, 0.6) is 0 Å². The smallest absolute Gasteiger partial charge is 0.224 e. The van der Waals surface area contributed by atoms with E-state index in [1.54, 1.807) is 19.0 Å². The summed E-state index contributed by atoms with van der Waals surface area (Å²) in [6, 6.07) is 0. The van der Waals surface area contributed by atoms with E-state index in [4.69, 9.17) is 0 Å². The summed E-state index contributed by atoms with van der Waals surface area (Å²) in [6.07, 6.45) is 2.08. The molecule has 0 rings (SSSR count). The minimum absolute atomic E-state index is 0.194. The predicted octanol–water partition coefficient (Wildman–Crippen LogP) is 1.51. The molecule has 2 heteroatoms. The second-order valence-electron chi connectivity index (χ2n) is 2.92. The Kier molecular flexibility index (Phi) is 4.08. The van der Waals surface area contributed by atoms with Gasteiger partial charge in [0.25, 0.3) is 0 Å². The lowest BCUT2D eigenvalue weighted by Crippen LogP contribution is -2.27. The Labute approximate surface area is 63.2 Å². The molecule has 0 aromatic heterocycles. The number of hydrogen-bond donors (Lipinski definition) is 0. The maximum absolute atomic E-state index is 11.2. The maximum atomic E-state index is 11.2. The van der Waals surface area contributed by atoms with Crippen LogP contribution in [0.2, 0.25) is 0 Å². The molecule has 0 aliphatic heterocycles. The van der Waals surface area contributed by atoms with Gasteiger partial charge in [-0.3, -0.25) is 4.79 Å². The van der Waals surface area contributed by atoms with Crippen LogP contribution in [-0.4, -0.2) is 24.9 Å². The van der Waals surface area contributed by atoms with Crippen molar-refractivity contribution < 1.29 is 4.79 Å². The molecule has 0 heterocycles. The summed E-state index contributed by atoms with van der Waals surface area (Å²) in [7, 11) is 3.60. The van der Waals surface area contributed by atoms with Crippen molar-refractivity contribution in [2.45, 2.75) is 26.7 Å². The summed E-state index contributed by atoms with van der Waals surface area (Å²) < 4.78 is 0. The van der Waals surface area contributed by atoms with Crippen molar-refractivity contribution in [1.82, 2.24) is 4.90 Å². The molecule has 0 bridgehead atoms. The summed E-state index contributed by atoms with van der Waals surface area (Å²) in [5, 5.41) is 0. The van der Waals surface area contributed by atoms with E-state index < -0.39 is 0 Å². The second kappa shape index (κ2) is 4.31. The van der Waals surface area contributed by atoms with Gasteiger partial charge in [0.1, 0.15) is 0 Å². The molecule has 0 aromatic rings. The van der Waals surface area contributed by atoms with E-state index in [-0.39, 0.29) is 11.8 Å². The zero-order valence-corrected chi connectivity index (χ0v) is 7.35. The summed E-state index contributed by atoms with van der Waals surface area (Å²) >= 11 is 0. The van der Waals surface area contributed by atoms with Crippen LogP contribution in [0, 0.1) is 5.92 Å². The van der Waals surface area contributed by atoms with Crippen molar-refractivity contribution in [1.29, 1.82) is 0 Å². The fraction of sp³-hybridized carbons (Fsp3) is 0.875. The fourth-order valence-corrected chi connectivity index (χ4v) is 0.997. The first-order chi connectivity index (χ1) is 4.59. The first kappa shape index (κ1) is 9.47. The van der Waals surface area contributed by atoms with Crippen LogP contribution in [0.25, 0.3) is 0 Å². The van der Waals surface area contributed by atoms with Crippen molar-refractivity contribution in [2.75, 3.05) is 14.1 Å². The molecule has 0 saturated heterocycles. The Bertz CT molecular complexity index is 110. The number of hydrogen-bond acceptors (Lipinski definition) is 1. The van der Waals surface area contributed by atoms with E-state index in [1.807, 2.05) is 6.92 Å². The molecule has 0 radical (unpaired) electrons. The van der Waals surface area contributed by atoms with Crippen molar-refractivity contribution in [3.8, 4) is 0 Å². The van der Waals surface area contributed by atoms with Gasteiger partial charge in [0, 0.05) is 20.0 Å². The molecular weight excluding hydrogens is 126 g/mol. The second-order valence-corrected chi connectivity index (χ2v) is 2.92. The zero-order valence-electron chi connectivity index (χ0n) is 7.35. The van der Waals surface area contributed by atoms with Gasteiger partial charge in [-0.15, -0.1) is 0 Å². The zero-order chi connectivity index (χ0) is 8.15. The van der Waals surface area contributed by atoms with E-state index in [0.29, 0.717) is 0 Å². The monoisotopic (exact) mass is 143 g/mol. The van der Waals surface area contributed by atoms with Gasteiger partial charge >= 0.3 is 0 Å². The van der Waals surface area contributed by atoms with E-state index in [0.717, 1.165) is 12.8 Å². The summed E-state index contributed by atoms with van der Waals surface area (Å²) in [5.41, 5.74) is 0. The SMILES string of the molecule is CCC[C@@H](C)C(=O)N(C)C. The molecule has 1 amide bonds. The van der Waals surface area contributed by atoms with Crippen LogP contribution in [0.4, 0.5) is 0 Å². The topological polar surface area (TPSA) is 20.3 Å². The third-order valence-corrected chi connectivity index (χ3v) is 1.58. The standard InChI is InChI=1S/C8H17NO/c1-5-6-7(2)8(10)9(3)4/h7H,5-6H2,1-4H3/t7-/m1/s1. The number of carbonyl (C=O) groups is 1. The minimum Gasteiger partial charge on any atom is -0.349 e. The van der Waals surface area contributed by atoms with Crippen LogP contribution in [0.1, 0.15) is 26.7 Å². The third kappa shape index (κ3) is 2.85. The van der Waals surface area contributed by atoms with Gasteiger partial charge in [-0.1, -0.05) is 20.3 Å². The molecule has 0 aliphatic rings. The Morgan fingerprint density at radius 3 is 2.30 bits per heavy atom. The molecular formula is C8H17NO. The summed E-state index contributed by atoms with van der Waals surface area (Å²) in [4.78, 5) is 12.8. The molecule has 0 N–H and O–H groups in total. The Morgan fingerprint density at radius 2 is 2.00 bits per heavy atom. The first-order valence-electron chi connectivity index (χ1n) is 3.80. The lowest BCUT2D eigenvalue weighted by Gasteiger charge is -2.15. The lowest BCUT2D eigenvalue weighted by molar-refractivity contribution is -0.132. The van der Waals surface area contributed by atoms with Crippen LogP contribution in [0.3, 0.4) is 0 Å². The molecule has 0 fully saturated rings. The van der Waals surface area contributed by atoms with Gasteiger partial charge in [-0.2, -0.15) is 0 Å². The minimum atomic E-state index is 0.194. The van der Waals surface area contributed by atoms with Gasteiger partial charge in [0.15, 0.2) is 0 Å². The van der Waals surface area contributed by atoms with Crippen molar-refractivity contribution in [3.63, 3.8) is 0 Å². The number of nitrogens with zero attached hydrogens (tertiary/aromatic N) is 1. The highest BCUT2D eigenvalue weighted by Crippen LogP contribution is 2.06. The van der Waals surface area contributed by atoms with Crippen LogP contribution < -0.4 is 0 Å². The Hall–Kier alpha value is -0.530. The lowest BCUT2D eigenvalue weighted by atomic mass is 10.1. The highest BCUT2D eigenvalue weighted by atomic mass is 16.2. The van der Waals surface area contributed by atoms with Gasteiger partial charge in [0.05, 0.1) is 0 Å². The average Bonchev–Trinajstić information content (AvgIpc) is 1.87. The van der Waals surface area contributed by atoms with Crippen molar-refractivity contribution in [2.24, 2.45) is 5.92 Å². The largest absolute Gasteiger partial charge is 0.349 e. The van der Waals surface area contributed by atoms with Gasteiger partial charge in [0.2, 0.25) is 5.91 Å². The van der Waals surface area contributed by atoms with Crippen LogP contribution >= 0.6 is 0 Å². The normalized spacial score (nSPS) is 12.8. The van der Waals surface area contributed by atoms with E-state index >= 15 is 0 Å². The summed E-state index contributed by atoms with van der Waals surface area (Å²) in [5.74, 6) is 0.432. The molecule has 60 valence electrons. The maximum Gasteiger partial charge on any atom is 0.224 e. The molecule has 0 aliphatic carbocycles. The quantitative estimate of drug-likeness (QED) is 0.586. The third-order valence-electron chi connectivity index (χ3n) is 1.58. The molecule has 0 unspecified atom stereocenters. The molecule has 0 saturated carbocycles. The number of carbonyl (C=O) groups excluding carboxylic acids is 1. The molecule has 10 heavy (non-hydrogen) atoms. The molecule has 1 atom stereocenters. The van der Waals surface area contributed by atoms with Gasteiger partial charge in [-0.05, 0) is 6.42 Å². The molecule has 0 spiro atoms. The first-order valence-corrected chi connectivity index (χ1v) is 3.80. The average molecular weight is 143 g/mol. The van der Waals surface area contributed by atoms with Crippen molar-refractivity contribution >= 4 is 5.91 Å². The Morgan fingerprint density at radius 1 is 1.50 bits per heavy atom. The number of rotatable bonds is 3. The number of amides is 1. The highest BCUT2D eigenvalue weighted by Gasteiger charge is 2.12. The van der Waals surface area contributed by atoms with Gasteiger partial charge in [-0.25, -0.2) is 0 Å². The fourth-order valence-electron chi connectivity index (χ4n) is 0.997.